The van der Waals surface area contributed by atoms with E-state index in [4.69, 9.17) is 0 Å². The molecule has 3 aromatic rings. The molecule has 0 spiro atoms. The van der Waals surface area contributed by atoms with Crippen LogP contribution in [0.1, 0.15) is 22.9 Å². The Bertz CT molecular complexity index is 1170. The van der Waals surface area contributed by atoms with Crippen molar-refractivity contribution in [1.82, 2.24) is 14.6 Å². The van der Waals surface area contributed by atoms with Gasteiger partial charge in [-0.3, -0.25) is 9.88 Å². The zero-order valence-corrected chi connectivity index (χ0v) is 18.8. The van der Waals surface area contributed by atoms with Crippen molar-refractivity contribution < 1.29 is 13.5 Å². The minimum Gasteiger partial charge on any atom is -0.369 e. The molecule has 3 N–H and O–H groups in total. The second-order valence-electron chi connectivity index (χ2n) is 7.42. The lowest BCUT2D eigenvalue weighted by molar-refractivity contribution is 0.208. The van der Waals surface area contributed by atoms with Crippen molar-refractivity contribution in [1.29, 1.82) is 0 Å². The number of hydrogen-bond acceptors (Lipinski definition) is 6. The number of nitrogens with zero attached hydrogens (tertiary/aromatic N) is 2. The first-order valence-corrected chi connectivity index (χ1v) is 11.5. The molecule has 1 heterocycles. The Morgan fingerprint density at radius 3 is 2.41 bits per heavy atom. The fourth-order valence-electron chi connectivity index (χ4n) is 2.79. The number of pyridine rings is 1. The van der Waals surface area contributed by atoms with Gasteiger partial charge in [0.05, 0.1) is 23.3 Å². The Labute approximate surface area is 189 Å². The van der Waals surface area contributed by atoms with Gasteiger partial charge in [-0.2, -0.15) is 0 Å². The number of rotatable bonds is 8. The molecule has 0 saturated heterocycles. The van der Waals surface area contributed by atoms with Crippen LogP contribution in [0.2, 0.25) is 0 Å². The molecule has 0 bridgehead atoms. The lowest BCUT2D eigenvalue weighted by atomic mass is 10.1. The molecule has 32 heavy (non-hydrogen) atoms. The zero-order valence-electron chi connectivity index (χ0n) is 18.0. The van der Waals surface area contributed by atoms with Crippen LogP contribution in [0.15, 0.2) is 78.0 Å². The molecule has 3 rings (SSSR count). The monoisotopic (exact) mass is 450 g/mol. The van der Waals surface area contributed by atoms with Crippen molar-refractivity contribution >= 4 is 15.7 Å². The van der Waals surface area contributed by atoms with Crippen molar-refractivity contribution in [3.05, 3.63) is 89.7 Å². The molecular weight excluding hydrogens is 424 g/mol. The molecule has 1 atom stereocenters. The first-order chi connectivity index (χ1) is 15.3. The Morgan fingerprint density at radius 1 is 1.06 bits per heavy atom. The van der Waals surface area contributed by atoms with Gasteiger partial charge >= 0.3 is 0 Å². The molecule has 1 unspecified atom stereocenters. The van der Waals surface area contributed by atoms with E-state index in [2.05, 4.69) is 26.9 Å². The summed E-state index contributed by atoms with van der Waals surface area (Å²) in [6.45, 7) is 0.774. The fraction of sp³-hybridized carbons (Fsp3) is 0.208. The maximum Gasteiger partial charge on any atom is 0.240 e. The van der Waals surface area contributed by atoms with Crippen LogP contribution in [0.4, 0.5) is 5.69 Å². The summed E-state index contributed by atoms with van der Waals surface area (Å²) in [4.78, 5) is 6.14. The molecule has 2 aromatic carbocycles. The van der Waals surface area contributed by atoms with Crippen LogP contribution in [0, 0.1) is 11.8 Å². The topological polar surface area (TPSA) is 94.6 Å². The van der Waals surface area contributed by atoms with Crippen LogP contribution in [0.5, 0.6) is 0 Å². The van der Waals surface area contributed by atoms with Gasteiger partial charge in [0, 0.05) is 23.9 Å². The number of nitrogens with one attached hydrogen (secondary N) is 2. The van der Waals surface area contributed by atoms with Gasteiger partial charge in [0.25, 0.3) is 0 Å². The zero-order chi connectivity index (χ0) is 23.0. The van der Waals surface area contributed by atoms with E-state index in [9.17, 15) is 13.5 Å². The van der Waals surface area contributed by atoms with Gasteiger partial charge < -0.3 is 10.4 Å². The number of aliphatic hydroxyl groups excluding tert-OH is 1. The lowest BCUT2D eigenvalue weighted by Gasteiger charge is -2.15. The predicted molar refractivity (Wildman–Crippen MR) is 125 cm³/mol. The van der Waals surface area contributed by atoms with Crippen LogP contribution in [0.25, 0.3) is 0 Å². The minimum absolute atomic E-state index is 0.138. The van der Waals surface area contributed by atoms with E-state index >= 15 is 0 Å². The SMILES string of the molecule is CN(C)CC#Cc1ccc(S(=O)(=O)NCc2ccc(C(O)Nc3cccnc3)cc2)cc1. The van der Waals surface area contributed by atoms with Gasteiger partial charge in [0.1, 0.15) is 0 Å². The number of sulfonamides is 1. The smallest absolute Gasteiger partial charge is 0.240 e. The van der Waals surface area contributed by atoms with E-state index < -0.39 is 16.3 Å². The van der Waals surface area contributed by atoms with E-state index in [1.807, 2.05) is 25.1 Å². The average Bonchev–Trinajstić information content (AvgIpc) is 2.79. The van der Waals surface area contributed by atoms with Gasteiger partial charge in [-0.25, -0.2) is 13.1 Å². The Kier molecular flexibility index (Phi) is 7.98. The molecule has 0 fully saturated rings. The first kappa shape index (κ1) is 23.4. The molecule has 0 aliphatic heterocycles. The van der Waals surface area contributed by atoms with Gasteiger partial charge in [0.2, 0.25) is 10.0 Å². The fourth-order valence-corrected chi connectivity index (χ4v) is 3.80. The summed E-state index contributed by atoms with van der Waals surface area (Å²) in [6, 6.07) is 17.1. The molecule has 0 radical (unpaired) electrons. The third-order valence-electron chi connectivity index (χ3n) is 4.52. The number of aromatic nitrogens is 1. The molecular formula is C24H26N4O3S. The molecule has 7 nitrogen and oxygen atoms in total. The van der Waals surface area contributed by atoms with Crippen LogP contribution < -0.4 is 10.0 Å². The van der Waals surface area contributed by atoms with Gasteiger partial charge in [-0.05, 0) is 56.1 Å². The van der Waals surface area contributed by atoms with Crippen molar-refractivity contribution in [2.45, 2.75) is 17.7 Å². The van der Waals surface area contributed by atoms with Crippen LogP contribution in [0.3, 0.4) is 0 Å². The maximum absolute atomic E-state index is 12.6. The number of aliphatic hydroxyl groups is 1. The highest BCUT2D eigenvalue weighted by molar-refractivity contribution is 7.89. The quantitative estimate of drug-likeness (QED) is 0.361. The molecule has 0 aliphatic carbocycles. The summed E-state index contributed by atoms with van der Waals surface area (Å²) in [5.74, 6) is 6.02. The number of hydrogen-bond donors (Lipinski definition) is 3. The van der Waals surface area contributed by atoms with Crippen LogP contribution in [-0.4, -0.2) is 44.0 Å². The predicted octanol–water partition coefficient (Wildman–Crippen LogP) is 2.58. The van der Waals surface area contributed by atoms with Gasteiger partial charge in [-0.1, -0.05) is 36.1 Å². The van der Waals surface area contributed by atoms with E-state index in [-0.39, 0.29) is 11.4 Å². The van der Waals surface area contributed by atoms with Gasteiger partial charge in [0.15, 0.2) is 6.23 Å². The standard InChI is InChI=1S/C24H26N4O3S/c1-28(2)16-4-5-19-9-13-23(14-10-19)32(30,31)26-17-20-7-11-21(12-8-20)24(29)27-22-6-3-15-25-18-22/h3,6-15,18,24,26-27,29H,16-17H2,1-2H3. The Balaban J connectivity index is 1.57. The summed E-state index contributed by atoms with van der Waals surface area (Å²) < 4.78 is 27.8. The molecule has 8 heteroatoms. The molecule has 0 saturated carbocycles. The maximum atomic E-state index is 12.6. The summed E-state index contributed by atoms with van der Waals surface area (Å²) in [7, 11) is 0.220. The molecule has 166 valence electrons. The van der Waals surface area contributed by atoms with Crippen molar-refractivity contribution in [3.8, 4) is 11.8 Å². The van der Waals surface area contributed by atoms with Crippen LogP contribution in [-0.2, 0) is 16.6 Å². The van der Waals surface area contributed by atoms with E-state index in [1.54, 1.807) is 67.0 Å². The summed E-state index contributed by atoms with van der Waals surface area (Å²) in [5, 5.41) is 13.3. The third-order valence-corrected chi connectivity index (χ3v) is 5.94. The highest BCUT2D eigenvalue weighted by Gasteiger charge is 2.14. The number of benzene rings is 2. The summed E-state index contributed by atoms with van der Waals surface area (Å²) in [6.07, 6.45) is 2.38. The minimum atomic E-state index is -3.65. The average molecular weight is 451 g/mol. The lowest BCUT2D eigenvalue weighted by Crippen LogP contribution is -2.23. The van der Waals surface area contributed by atoms with Crippen molar-refractivity contribution in [2.24, 2.45) is 0 Å². The molecule has 0 amide bonds. The first-order valence-electron chi connectivity index (χ1n) is 10.0. The van der Waals surface area contributed by atoms with Crippen LogP contribution >= 0.6 is 0 Å². The van der Waals surface area contributed by atoms with Crippen molar-refractivity contribution in [2.75, 3.05) is 26.0 Å². The van der Waals surface area contributed by atoms with E-state index in [1.165, 1.54) is 0 Å². The van der Waals surface area contributed by atoms with Gasteiger partial charge in [-0.15, -0.1) is 0 Å². The summed E-state index contributed by atoms with van der Waals surface area (Å²) >= 11 is 0. The molecule has 0 aliphatic rings. The highest BCUT2D eigenvalue weighted by Crippen LogP contribution is 2.17. The van der Waals surface area contributed by atoms with Crippen molar-refractivity contribution in [3.63, 3.8) is 0 Å². The Morgan fingerprint density at radius 2 is 1.78 bits per heavy atom. The van der Waals surface area contributed by atoms with E-state index in [0.29, 0.717) is 17.8 Å². The number of anilines is 1. The third kappa shape index (κ3) is 6.90. The Hall–Kier alpha value is -3.22. The molecule has 1 aromatic heterocycles. The second-order valence-corrected chi connectivity index (χ2v) is 9.19. The largest absolute Gasteiger partial charge is 0.369 e. The summed E-state index contributed by atoms with van der Waals surface area (Å²) in [5.41, 5.74) is 2.90. The van der Waals surface area contributed by atoms with E-state index in [0.717, 1.165) is 11.1 Å². The second kappa shape index (κ2) is 10.9. The highest BCUT2D eigenvalue weighted by atomic mass is 32.2. The normalized spacial score (nSPS) is 12.1.